The van der Waals surface area contributed by atoms with Crippen molar-refractivity contribution in [3.63, 3.8) is 0 Å². The van der Waals surface area contributed by atoms with Crippen LogP contribution >= 0.6 is 15.9 Å². The highest BCUT2D eigenvalue weighted by molar-refractivity contribution is 9.10. The van der Waals surface area contributed by atoms with Gasteiger partial charge in [0.15, 0.2) is 4.60 Å². The molecule has 0 aliphatic rings. The normalized spacial score (nSPS) is 13.8. The van der Waals surface area contributed by atoms with Crippen LogP contribution in [-0.4, -0.2) is 41.0 Å². The van der Waals surface area contributed by atoms with Gasteiger partial charge in [0, 0.05) is 19.0 Å². The highest BCUT2D eigenvalue weighted by Gasteiger charge is 2.29. The molecule has 0 bridgehead atoms. The quantitative estimate of drug-likeness (QED) is 0.285. The van der Waals surface area contributed by atoms with Crippen LogP contribution in [0.2, 0.25) is 0 Å². The first-order valence-electron chi connectivity index (χ1n) is 5.14. The van der Waals surface area contributed by atoms with Gasteiger partial charge >= 0.3 is 0 Å². The number of rotatable bonds is 5. The number of hydrogen-bond donors (Lipinski definition) is 3. The van der Waals surface area contributed by atoms with Gasteiger partial charge in [-0.3, -0.25) is 0 Å². The van der Waals surface area contributed by atoms with Crippen LogP contribution in [0, 0.1) is 5.41 Å². The van der Waals surface area contributed by atoms with E-state index in [-0.39, 0.29) is 22.0 Å². The molecule has 4 N–H and O–H groups in total. The molecule has 1 aromatic rings. The highest BCUT2D eigenvalue weighted by Crippen LogP contribution is 2.19. The fourth-order valence-corrected chi connectivity index (χ4v) is 3.48. The summed E-state index contributed by atoms with van der Waals surface area (Å²) < 4.78 is 27.8. The molecule has 0 spiro atoms. The number of hydrogen-bond acceptors (Lipinski definition) is 6. The van der Waals surface area contributed by atoms with Gasteiger partial charge in [0.2, 0.25) is 5.03 Å². The van der Waals surface area contributed by atoms with Gasteiger partial charge in [-0.1, -0.05) is 24.2 Å². The lowest BCUT2D eigenvalue weighted by Gasteiger charge is -2.22. The lowest BCUT2D eigenvalue weighted by atomic mass is 9.93. The van der Waals surface area contributed by atoms with E-state index in [9.17, 15) is 8.42 Å². The number of amidine groups is 1. The first-order chi connectivity index (χ1) is 8.62. The maximum absolute atomic E-state index is 12.1. The standard InChI is InChI=1S/C8H15BrN6O3S/c1-8(2,7(10)13-16)4-11-19(17,18)6-5(9)12-14-15(6)3/h11,16H,4H2,1-3H3,(H2,10,13). The van der Waals surface area contributed by atoms with Crippen molar-refractivity contribution in [2.45, 2.75) is 18.9 Å². The molecule has 0 saturated carbocycles. The van der Waals surface area contributed by atoms with Crippen LogP contribution in [-0.2, 0) is 17.1 Å². The minimum atomic E-state index is -3.80. The van der Waals surface area contributed by atoms with Crippen molar-refractivity contribution in [2.75, 3.05) is 6.54 Å². The van der Waals surface area contributed by atoms with Crippen LogP contribution in [0.4, 0.5) is 0 Å². The largest absolute Gasteiger partial charge is 0.409 e. The van der Waals surface area contributed by atoms with E-state index in [0.29, 0.717) is 0 Å². The molecule has 11 heteroatoms. The van der Waals surface area contributed by atoms with Gasteiger partial charge in [-0.2, -0.15) is 0 Å². The Morgan fingerprint density at radius 2 is 2.21 bits per heavy atom. The summed E-state index contributed by atoms with van der Waals surface area (Å²) in [5, 5.41) is 18.6. The molecule has 19 heavy (non-hydrogen) atoms. The van der Waals surface area contributed by atoms with Gasteiger partial charge in [0.1, 0.15) is 5.84 Å². The second-order valence-electron chi connectivity index (χ2n) is 4.50. The van der Waals surface area contributed by atoms with E-state index >= 15 is 0 Å². The molecule has 0 saturated heterocycles. The topological polar surface area (TPSA) is 135 Å². The van der Waals surface area contributed by atoms with Gasteiger partial charge in [-0.15, -0.1) is 5.10 Å². The zero-order valence-corrected chi connectivity index (χ0v) is 13.0. The molecule has 0 aliphatic carbocycles. The van der Waals surface area contributed by atoms with E-state index in [4.69, 9.17) is 10.9 Å². The lowest BCUT2D eigenvalue weighted by Crippen LogP contribution is -2.42. The van der Waals surface area contributed by atoms with Crippen molar-refractivity contribution in [1.29, 1.82) is 0 Å². The summed E-state index contributed by atoms with van der Waals surface area (Å²) in [4.78, 5) is 0. The molecule has 0 unspecified atom stereocenters. The summed E-state index contributed by atoms with van der Waals surface area (Å²) in [6.07, 6.45) is 0. The fraction of sp³-hybridized carbons (Fsp3) is 0.625. The third-order valence-electron chi connectivity index (χ3n) is 2.50. The van der Waals surface area contributed by atoms with Crippen LogP contribution in [0.1, 0.15) is 13.8 Å². The first kappa shape index (κ1) is 15.9. The molecule has 0 atom stereocenters. The zero-order chi connectivity index (χ0) is 14.8. The van der Waals surface area contributed by atoms with Crippen molar-refractivity contribution < 1.29 is 13.6 Å². The van der Waals surface area contributed by atoms with E-state index < -0.39 is 15.4 Å². The molecule has 0 aliphatic heterocycles. The molecule has 1 aromatic heterocycles. The van der Waals surface area contributed by atoms with Crippen molar-refractivity contribution in [1.82, 2.24) is 19.7 Å². The number of oxime groups is 1. The minimum absolute atomic E-state index is 0.0388. The van der Waals surface area contributed by atoms with Crippen molar-refractivity contribution >= 4 is 31.8 Å². The number of halogens is 1. The van der Waals surface area contributed by atoms with Crippen LogP contribution in [0.5, 0.6) is 0 Å². The van der Waals surface area contributed by atoms with E-state index in [1.807, 2.05) is 0 Å². The fourth-order valence-electron chi connectivity index (χ4n) is 1.18. The number of nitrogens with zero attached hydrogens (tertiary/aromatic N) is 4. The van der Waals surface area contributed by atoms with Gasteiger partial charge in [0.05, 0.1) is 0 Å². The summed E-state index contributed by atoms with van der Waals surface area (Å²) in [6.45, 7) is 3.24. The molecule has 108 valence electrons. The van der Waals surface area contributed by atoms with E-state index in [1.54, 1.807) is 13.8 Å². The average molecular weight is 355 g/mol. The van der Waals surface area contributed by atoms with Crippen LogP contribution in [0.15, 0.2) is 14.8 Å². The molecule has 0 radical (unpaired) electrons. The third kappa shape index (κ3) is 3.42. The van der Waals surface area contributed by atoms with Gasteiger partial charge in [-0.05, 0) is 15.9 Å². The Hall–Kier alpha value is -1.20. The van der Waals surface area contributed by atoms with Gasteiger partial charge < -0.3 is 10.9 Å². The van der Waals surface area contributed by atoms with E-state index in [1.165, 1.54) is 7.05 Å². The van der Waals surface area contributed by atoms with E-state index in [2.05, 4.69) is 36.1 Å². The smallest absolute Gasteiger partial charge is 0.260 e. The Morgan fingerprint density at radius 1 is 1.63 bits per heavy atom. The lowest BCUT2D eigenvalue weighted by molar-refractivity contribution is 0.307. The number of sulfonamides is 1. The maximum Gasteiger partial charge on any atom is 0.260 e. The maximum atomic E-state index is 12.1. The Labute approximate surface area is 119 Å². The van der Waals surface area contributed by atoms with Crippen molar-refractivity contribution in [2.24, 2.45) is 23.4 Å². The Kier molecular flexibility index (Phi) is 4.53. The van der Waals surface area contributed by atoms with Gasteiger partial charge in [0.25, 0.3) is 10.0 Å². The summed E-state index contributed by atoms with van der Waals surface area (Å²) in [6, 6.07) is 0. The number of nitrogens with one attached hydrogen (secondary N) is 1. The van der Waals surface area contributed by atoms with Gasteiger partial charge in [-0.25, -0.2) is 17.8 Å². The summed E-state index contributed by atoms with van der Waals surface area (Å²) in [7, 11) is -2.34. The number of nitrogens with two attached hydrogens (primary N) is 1. The zero-order valence-electron chi connectivity index (χ0n) is 10.6. The summed E-state index contributed by atoms with van der Waals surface area (Å²) >= 11 is 3.01. The Morgan fingerprint density at radius 3 is 2.63 bits per heavy atom. The molecular weight excluding hydrogens is 340 g/mol. The molecule has 0 amide bonds. The van der Waals surface area contributed by atoms with Crippen molar-refractivity contribution in [3.8, 4) is 0 Å². The van der Waals surface area contributed by atoms with Crippen LogP contribution < -0.4 is 10.5 Å². The predicted molar refractivity (Wildman–Crippen MR) is 71.1 cm³/mol. The summed E-state index contributed by atoms with van der Waals surface area (Å²) in [5.74, 6) is -0.0719. The Bertz CT molecular complexity index is 574. The third-order valence-corrected chi connectivity index (χ3v) is 4.78. The molecular formula is C8H15BrN6O3S. The predicted octanol–water partition coefficient (Wildman–Crippen LogP) is -0.371. The second kappa shape index (κ2) is 5.43. The molecule has 1 rings (SSSR count). The SMILES string of the molecule is Cn1nnc(Br)c1S(=O)(=O)NCC(C)(C)C(N)=NO. The first-order valence-corrected chi connectivity index (χ1v) is 7.42. The van der Waals surface area contributed by atoms with Crippen LogP contribution in [0.25, 0.3) is 0 Å². The molecule has 1 heterocycles. The monoisotopic (exact) mass is 354 g/mol. The summed E-state index contributed by atoms with van der Waals surface area (Å²) in [5.41, 5.74) is 4.65. The molecule has 0 aromatic carbocycles. The molecule has 0 fully saturated rings. The average Bonchev–Trinajstić information content (AvgIpc) is 2.66. The number of aryl methyl sites for hydroxylation is 1. The number of aromatic nitrogens is 3. The Balaban J connectivity index is 2.95. The molecule has 9 nitrogen and oxygen atoms in total. The van der Waals surface area contributed by atoms with Crippen molar-refractivity contribution in [3.05, 3.63) is 4.60 Å². The van der Waals surface area contributed by atoms with Crippen LogP contribution in [0.3, 0.4) is 0 Å². The van der Waals surface area contributed by atoms with E-state index in [0.717, 1.165) is 4.68 Å². The minimum Gasteiger partial charge on any atom is -0.409 e. The second-order valence-corrected chi connectivity index (χ2v) is 6.94. The highest BCUT2D eigenvalue weighted by atomic mass is 79.9.